The minimum absolute atomic E-state index is 0.0537. The van der Waals surface area contributed by atoms with Crippen molar-refractivity contribution in [3.8, 4) is 0 Å². The van der Waals surface area contributed by atoms with Crippen molar-refractivity contribution in [1.82, 2.24) is 5.32 Å². The summed E-state index contributed by atoms with van der Waals surface area (Å²) in [4.78, 5) is 13.3. The monoisotopic (exact) mass is 339 g/mol. The van der Waals surface area contributed by atoms with E-state index in [0.717, 1.165) is 26.9 Å². The summed E-state index contributed by atoms with van der Waals surface area (Å²) in [5, 5.41) is 4.15. The van der Waals surface area contributed by atoms with E-state index in [0.29, 0.717) is 6.54 Å². The van der Waals surface area contributed by atoms with Crippen LogP contribution in [-0.4, -0.2) is 19.6 Å². The maximum absolute atomic E-state index is 12.6. The Labute approximate surface area is 146 Å². The van der Waals surface area contributed by atoms with Crippen LogP contribution in [0.5, 0.6) is 0 Å². The Morgan fingerprint density at radius 1 is 1.12 bits per heavy atom. The van der Waals surface area contributed by atoms with Gasteiger partial charge in [-0.05, 0) is 29.5 Å². The lowest BCUT2D eigenvalue weighted by Gasteiger charge is -2.32. The number of fused-ring (bicyclic) bond motifs is 1. The maximum Gasteiger partial charge on any atom is 0.261 e. The van der Waals surface area contributed by atoms with Gasteiger partial charge in [-0.25, -0.2) is 0 Å². The summed E-state index contributed by atoms with van der Waals surface area (Å²) >= 11 is 1.51. The molecule has 0 spiro atoms. The van der Waals surface area contributed by atoms with Gasteiger partial charge in [-0.1, -0.05) is 55.5 Å². The number of ether oxygens (including phenoxy) is 1. The van der Waals surface area contributed by atoms with Crippen LogP contribution < -0.4 is 5.32 Å². The van der Waals surface area contributed by atoms with E-state index in [4.69, 9.17) is 4.74 Å². The molecule has 2 aromatic carbocycles. The molecule has 0 aliphatic heterocycles. The van der Waals surface area contributed by atoms with Gasteiger partial charge in [-0.2, -0.15) is 0 Å². The molecule has 0 fully saturated rings. The van der Waals surface area contributed by atoms with Crippen molar-refractivity contribution in [2.24, 2.45) is 0 Å². The summed E-state index contributed by atoms with van der Waals surface area (Å²) in [5.41, 5.74) is 0.569. The highest BCUT2D eigenvalue weighted by molar-refractivity contribution is 7.20. The lowest BCUT2D eigenvalue weighted by Crippen LogP contribution is -2.41. The summed E-state index contributed by atoms with van der Waals surface area (Å²) < 4.78 is 6.93. The third kappa shape index (κ3) is 3.21. The number of amides is 1. The second-order valence-electron chi connectivity index (χ2n) is 5.75. The zero-order valence-electron chi connectivity index (χ0n) is 13.9. The predicted molar refractivity (Wildman–Crippen MR) is 99.6 cm³/mol. The van der Waals surface area contributed by atoms with E-state index >= 15 is 0 Å². The van der Waals surface area contributed by atoms with Crippen molar-refractivity contribution < 1.29 is 9.53 Å². The highest BCUT2D eigenvalue weighted by Crippen LogP contribution is 2.29. The summed E-state index contributed by atoms with van der Waals surface area (Å²) in [6.45, 7) is 2.51. The fourth-order valence-corrected chi connectivity index (χ4v) is 3.89. The minimum Gasteiger partial charge on any atom is -0.372 e. The average molecular weight is 339 g/mol. The molecule has 0 bridgehead atoms. The van der Waals surface area contributed by atoms with Crippen LogP contribution >= 0.6 is 11.3 Å². The molecule has 0 saturated heterocycles. The Hall–Kier alpha value is -2.17. The van der Waals surface area contributed by atoms with Gasteiger partial charge in [0, 0.05) is 11.8 Å². The molecule has 24 heavy (non-hydrogen) atoms. The van der Waals surface area contributed by atoms with E-state index in [1.54, 1.807) is 7.11 Å². The number of rotatable bonds is 6. The second kappa shape index (κ2) is 7.16. The molecule has 0 aliphatic carbocycles. The Morgan fingerprint density at radius 2 is 1.83 bits per heavy atom. The molecule has 1 N–H and O–H groups in total. The third-order valence-electron chi connectivity index (χ3n) is 4.45. The predicted octanol–water partition coefficient (Wildman–Crippen LogP) is 4.58. The van der Waals surface area contributed by atoms with Gasteiger partial charge in [0.05, 0.1) is 11.4 Å². The number of methoxy groups -OCH3 is 1. The number of carbonyl (C=O) groups excluding carboxylic acids is 1. The van der Waals surface area contributed by atoms with Crippen molar-refractivity contribution in [3.63, 3.8) is 0 Å². The number of nitrogens with one attached hydrogen (secondary N) is 1. The molecular formula is C20H21NO2S. The molecule has 3 rings (SSSR count). The SMILES string of the molecule is CC[C@](CNC(=O)c1cc2ccccc2s1)(OC)c1ccccc1. The van der Waals surface area contributed by atoms with Crippen molar-refractivity contribution >= 4 is 27.3 Å². The Balaban J connectivity index is 1.78. The van der Waals surface area contributed by atoms with Crippen molar-refractivity contribution in [3.05, 3.63) is 71.1 Å². The highest BCUT2D eigenvalue weighted by atomic mass is 32.1. The van der Waals surface area contributed by atoms with E-state index in [9.17, 15) is 4.79 Å². The number of benzene rings is 2. The molecule has 3 aromatic rings. The van der Waals surface area contributed by atoms with Gasteiger partial charge >= 0.3 is 0 Å². The molecule has 0 unspecified atom stereocenters. The topological polar surface area (TPSA) is 38.3 Å². The van der Waals surface area contributed by atoms with E-state index in [2.05, 4.69) is 12.2 Å². The van der Waals surface area contributed by atoms with Gasteiger partial charge in [-0.15, -0.1) is 11.3 Å². The molecule has 0 radical (unpaired) electrons. The smallest absolute Gasteiger partial charge is 0.261 e. The number of hydrogen-bond acceptors (Lipinski definition) is 3. The summed E-state index contributed by atoms with van der Waals surface area (Å²) in [6, 6.07) is 20.0. The first-order valence-corrected chi connectivity index (χ1v) is 8.87. The van der Waals surface area contributed by atoms with Crippen LogP contribution in [0.2, 0.25) is 0 Å². The highest BCUT2D eigenvalue weighted by Gasteiger charge is 2.30. The molecule has 0 aliphatic rings. The fourth-order valence-electron chi connectivity index (χ4n) is 2.91. The molecule has 3 nitrogen and oxygen atoms in total. The Kier molecular flexibility index (Phi) is 4.97. The molecular weight excluding hydrogens is 318 g/mol. The van der Waals surface area contributed by atoms with Gasteiger partial charge < -0.3 is 10.1 Å². The molecule has 124 valence electrons. The molecule has 0 saturated carbocycles. The largest absolute Gasteiger partial charge is 0.372 e. The lowest BCUT2D eigenvalue weighted by molar-refractivity contribution is -0.0164. The van der Waals surface area contributed by atoms with E-state index in [-0.39, 0.29) is 5.91 Å². The Bertz CT molecular complexity index is 789. The molecule has 1 heterocycles. The second-order valence-corrected chi connectivity index (χ2v) is 6.83. The van der Waals surface area contributed by atoms with Crippen molar-refractivity contribution in [1.29, 1.82) is 0 Å². The zero-order chi connectivity index (χ0) is 17.0. The van der Waals surface area contributed by atoms with Crippen LogP contribution in [0.4, 0.5) is 0 Å². The summed E-state index contributed by atoms with van der Waals surface area (Å²) in [6.07, 6.45) is 0.778. The summed E-state index contributed by atoms with van der Waals surface area (Å²) in [7, 11) is 1.70. The first-order valence-electron chi connectivity index (χ1n) is 8.06. The number of hydrogen-bond donors (Lipinski definition) is 1. The van der Waals surface area contributed by atoms with Crippen LogP contribution in [-0.2, 0) is 10.3 Å². The minimum atomic E-state index is -0.506. The van der Waals surface area contributed by atoms with Crippen molar-refractivity contribution in [2.75, 3.05) is 13.7 Å². The van der Waals surface area contributed by atoms with E-state index in [1.807, 2.05) is 60.7 Å². The van der Waals surface area contributed by atoms with E-state index < -0.39 is 5.60 Å². The van der Waals surface area contributed by atoms with Crippen LogP contribution in [0.3, 0.4) is 0 Å². The van der Waals surface area contributed by atoms with Gasteiger partial charge in [0.25, 0.3) is 5.91 Å². The van der Waals surface area contributed by atoms with Crippen LogP contribution in [0.1, 0.15) is 28.6 Å². The molecule has 4 heteroatoms. The van der Waals surface area contributed by atoms with Gasteiger partial charge in [0.1, 0.15) is 5.60 Å². The molecule has 1 aromatic heterocycles. The third-order valence-corrected chi connectivity index (χ3v) is 5.56. The van der Waals surface area contributed by atoms with Crippen LogP contribution in [0, 0.1) is 0 Å². The van der Waals surface area contributed by atoms with Crippen LogP contribution in [0.15, 0.2) is 60.7 Å². The van der Waals surface area contributed by atoms with Crippen LogP contribution in [0.25, 0.3) is 10.1 Å². The normalized spacial score (nSPS) is 13.6. The number of carbonyl (C=O) groups is 1. The van der Waals surface area contributed by atoms with Gasteiger partial charge in [0.2, 0.25) is 0 Å². The fraction of sp³-hybridized carbons (Fsp3) is 0.250. The summed E-state index contributed by atoms with van der Waals surface area (Å²) in [5.74, 6) is -0.0537. The zero-order valence-corrected chi connectivity index (χ0v) is 14.7. The lowest BCUT2D eigenvalue weighted by atomic mass is 9.90. The maximum atomic E-state index is 12.6. The average Bonchev–Trinajstić information content (AvgIpc) is 3.08. The molecule has 1 atom stereocenters. The van der Waals surface area contributed by atoms with Crippen molar-refractivity contribution in [2.45, 2.75) is 18.9 Å². The standard InChI is InChI=1S/C20H21NO2S/c1-3-20(23-2,16-10-5-4-6-11-16)14-21-19(22)18-13-15-9-7-8-12-17(15)24-18/h4-13H,3,14H2,1-2H3,(H,21,22)/t20-/m1/s1. The van der Waals surface area contributed by atoms with E-state index in [1.165, 1.54) is 11.3 Å². The quantitative estimate of drug-likeness (QED) is 0.714. The first kappa shape index (κ1) is 16.7. The first-order chi connectivity index (χ1) is 11.7. The number of thiophene rings is 1. The van der Waals surface area contributed by atoms with Gasteiger partial charge in [-0.3, -0.25) is 4.79 Å². The van der Waals surface area contributed by atoms with Gasteiger partial charge in [0.15, 0.2) is 0 Å². The molecule has 1 amide bonds. The Morgan fingerprint density at radius 3 is 2.50 bits per heavy atom.